The molecule has 0 spiro atoms. The smallest absolute Gasteiger partial charge is 0.481 e. The number of H-pyrrole nitrogens is 2. The zero-order valence-electron chi connectivity index (χ0n) is 27.3. The van der Waals surface area contributed by atoms with Crippen LogP contribution in [0.3, 0.4) is 0 Å². The van der Waals surface area contributed by atoms with Gasteiger partial charge in [-0.25, -0.2) is 43.0 Å². The average molecular weight is 783 g/mol. The number of Topliss-reactive ketones (excluding diaryl/α,β-unsaturated/α-hetero) is 1. The van der Waals surface area contributed by atoms with E-state index in [0.29, 0.717) is 0 Å². The van der Waals surface area contributed by atoms with E-state index in [1.165, 1.54) is 4.57 Å². The first-order valence-electron chi connectivity index (χ1n) is 15.1. The van der Waals surface area contributed by atoms with Crippen LogP contribution in [0.4, 0.5) is 5.82 Å². The van der Waals surface area contributed by atoms with Gasteiger partial charge in [0.1, 0.15) is 30.4 Å². The summed E-state index contributed by atoms with van der Waals surface area (Å²) in [5.74, 6) is -2.26. The van der Waals surface area contributed by atoms with Crippen molar-refractivity contribution in [3.8, 4) is 0 Å². The van der Waals surface area contributed by atoms with Crippen LogP contribution in [0.5, 0.6) is 0 Å². The summed E-state index contributed by atoms with van der Waals surface area (Å²) in [6, 6.07) is 3.25. The van der Waals surface area contributed by atoms with E-state index in [1.807, 2.05) is 4.98 Å². The Morgan fingerprint density at radius 1 is 1.08 bits per heavy atom. The summed E-state index contributed by atoms with van der Waals surface area (Å²) in [6.07, 6.45) is -5.67. The van der Waals surface area contributed by atoms with Crippen LogP contribution in [-0.2, 0) is 38.6 Å². The number of phosphoric ester groups is 2. The maximum absolute atomic E-state index is 13.1. The number of phosphoric acid groups is 2. The quantitative estimate of drug-likeness (QED) is 0.0357. The second-order valence-corrected chi connectivity index (χ2v) is 14.7. The van der Waals surface area contributed by atoms with E-state index in [-0.39, 0.29) is 39.2 Å². The average Bonchev–Trinajstić information content (AvgIpc) is 3.63. The molecule has 10 N–H and O–H groups in total. The van der Waals surface area contributed by atoms with Gasteiger partial charge in [0.05, 0.1) is 13.2 Å². The number of nitrogens with one attached hydrogen (secondary N) is 2. The minimum atomic E-state index is -5.58. The van der Waals surface area contributed by atoms with Gasteiger partial charge in [-0.05, 0) is 37.1 Å². The Morgan fingerprint density at radius 2 is 1.77 bits per heavy atom. The molecule has 53 heavy (non-hydrogen) atoms. The summed E-state index contributed by atoms with van der Waals surface area (Å²) in [4.78, 5) is 78.3. The van der Waals surface area contributed by atoms with Gasteiger partial charge < -0.3 is 40.7 Å². The largest absolute Gasteiger partial charge is 0.505 e. The summed E-state index contributed by atoms with van der Waals surface area (Å²) in [5.41, 5.74) is 5.83. The number of hydrogen-bond donors (Lipinski definition) is 9. The molecule has 6 rings (SSSR count). The lowest BCUT2D eigenvalue weighted by Crippen LogP contribution is -2.48. The van der Waals surface area contributed by atoms with Gasteiger partial charge >= 0.3 is 27.0 Å². The van der Waals surface area contributed by atoms with Crippen LogP contribution in [0.2, 0.25) is 0 Å². The molecule has 0 saturated carbocycles. The van der Waals surface area contributed by atoms with Crippen LogP contribution in [0.1, 0.15) is 11.1 Å². The van der Waals surface area contributed by atoms with Gasteiger partial charge in [-0.3, -0.25) is 23.6 Å². The number of anilines is 1. The number of aliphatic hydroxyl groups excluding tert-OH is 4. The number of fused-ring (bicyclic) bond motifs is 3. The molecule has 5 heterocycles. The number of imidazole rings is 1. The summed E-state index contributed by atoms with van der Waals surface area (Å²) in [5, 5.41) is 41.8. The first kappa shape index (κ1) is 37.7. The minimum Gasteiger partial charge on any atom is -0.505 e. The Morgan fingerprint density at radius 3 is 2.51 bits per heavy atom. The molecule has 5 aromatic rings. The number of nitrogens with two attached hydrogens (primary N) is 1. The summed E-state index contributed by atoms with van der Waals surface area (Å²) < 4.78 is 46.1. The molecular weight excluding hydrogens is 752 g/mol. The molecule has 0 fully saturated rings. The molecule has 0 radical (unpaired) electrons. The number of ether oxygens (including phenoxy) is 1. The van der Waals surface area contributed by atoms with Gasteiger partial charge in [-0.2, -0.15) is 9.29 Å². The Labute approximate surface area is 294 Å². The maximum atomic E-state index is 13.1. The highest BCUT2D eigenvalue weighted by Gasteiger charge is 2.42. The molecule has 26 heteroatoms. The predicted octanol–water partition coefficient (Wildman–Crippen LogP) is -1.92. The van der Waals surface area contributed by atoms with Crippen molar-refractivity contribution in [1.29, 1.82) is 0 Å². The molecule has 2 unspecified atom stereocenters. The third-order valence-corrected chi connectivity index (χ3v) is 10.6. The Hall–Kier alpha value is -5.00. The number of aryl methyl sites for hydroxylation is 2. The van der Waals surface area contributed by atoms with E-state index in [9.17, 15) is 53.7 Å². The fraction of sp³-hybridized carbons (Fsp3) is 0.333. The van der Waals surface area contributed by atoms with Crippen molar-refractivity contribution >= 4 is 66.5 Å². The zero-order chi connectivity index (χ0) is 38.6. The molecule has 0 bridgehead atoms. The third-order valence-electron chi connectivity index (χ3n) is 8.00. The lowest BCUT2D eigenvalue weighted by molar-refractivity contribution is -0.634. The molecule has 6 atom stereocenters. The zero-order valence-corrected chi connectivity index (χ0v) is 29.0. The molecule has 1 aliphatic rings. The number of carbonyl (C=O) groups is 1. The lowest BCUT2D eigenvalue weighted by Gasteiger charge is -2.21. The van der Waals surface area contributed by atoms with Gasteiger partial charge in [0.2, 0.25) is 17.2 Å². The highest BCUT2D eigenvalue weighted by Crippen LogP contribution is 2.60. The molecule has 0 saturated heterocycles. The van der Waals surface area contributed by atoms with Crippen molar-refractivity contribution in [2.45, 2.75) is 44.8 Å². The SMILES string of the molecule is Cc1cc2nc3c(=O)[nH]c(=O)[nH]c3[n+](CC(=O)[C@H](O)[C@H](O)COP(=O)(O)OP(=O)(O)OC[C@H]3OC(n4cnc5c(N)ncnc54)=C(O)[C@@H]3O)c2cc1C. The Bertz CT molecular complexity index is 2540. The van der Waals surface area contributed by atoms with Crippen molar-refractivity contribution in [3.05, 3.63) is 62.5 Å². The van der Waals surface area contributed by atoms with Crippen molar-refractivity contribution in [2.24, 2.45) is 0 Å². The third kappa shape index (κ3) is 7.59. The van der Waals surface area contributed by atoms with Crippen LogP contribution in [0, 0.1) is 13.8 Å². The number of ketones is 1. The first-order valence-corrected chi connectivity index (χ1v) is 18.1. The van der Waals surface area contributed by atoms with Crippen LogP contribution >= 0.6 is 15.6 Å². The van der Waals surface area contributed by atoms with E-state index in [4.69, 9.17) is 10.5 Å². The molecule has 1 aromatic carbocycles. The number of rotatable bonds is 13. The lowest BCUT2D eigenvalue weighted by atomic mass is 10.1. The topological polar surface area (TPSA) is 362 Å². The molecule has 282 valence electrons. The van der Waals surface area contributed by atoms with Crippen LogP contribution in [0.15, 0.2) is 40.1 Å². The number of benzene rings is 1. The van der Waals surface area contributed by atoms with E-state index in [1.54, 1.807) is 26.0 Å². The first-order chi connectivity index (χ1) is 24.9. The molecule has 4 aromatic heterocycles. The fourth-order valence-corrected chi connectivity index (χ4v) is 7.31. The minimum absolute atomic E-state index is 0.00363. The van der Waals surface area contributed by atoms with E-state index in [2.05, 4.69) is 38.3 Å². The van der Waals surface area contributed by atoms with Gasteiger partial charge in [0, 0.05) is 0 Å². The fourth-order valence-electron chi connectivity index (χ4n) is 5.21. The van der Waals surface area contributed by atoms with Gasteiger partial charge in [-0.1, -0.05) is 0 Å². The highest BCUT2D eigenvalue weighted by atomic mass is 31.3. The normalized spacial score (nSPS) is 19.7. The molecule has 1 aliphatic heterocycles. The number of hydrogen-bond acceptors (Lipinski definition) is 18. The van der Waals surface area contributed by atoms with Crippen LogP contribution in [0.25, 0.3) is 39.2 Å². The molecule has 0 aliphatic carbocycles. The van der Waals surface area contributed by atoms with Gasteiger partial charge in [0.15, 0.2) is 47.0 Å². The van der Waals surface area contributed by atoms with Gasteiger partial charge in [-0.15, -0.1) is 0 Å². The Balaban J connectivity index is 1.08. The van der Waals surface area contributed by atoms with E-state index < -0.39 is 88.5 Å². The van der Waals surface area contributed by atoms with Crippen molar-refractivity contribution < 1.29 is 66.8 Å². The number of nitrogens with zero attached hydrogens (tertiary/aromatic N) is 6. The number of aliphatic hydroxyl groups is 4. The second-order valence-electron chi connectivity index (χ2n) is 11.7. The summed E-state index contributed by atoms with van der Waals surface area (Å²) >= 11 is 0. The van der Waals surface area contributed by atoms with Crippen molar-refractivity contribution in [2.75, 3.05) is 18.9 Å². The van der Waals surface area contributed by atoms with Crippen molar-refractivity contribution in [1.82, 2.24) is 34.5 Å². The van der Waals surface area contributed by atoms with Crippen LogP contribution < -0.4 is 21.5 Å². The summed E-state index contributed by atoms with van der Waals surface area (Å²) in [7, 11) is -11.1. The van der Waals surface area contributed by atoms with Crippen molar-refractivity contribution in [3.63, 3.8) is 0 Å². The van der Waals surface area contributed by atoms with E-state index >= 15 is 0 Å². The molecule has 0 amide bonds. The number of aromatic nitrogens is 8. The maximum Gasteiger partial charge on any atom is 0.481 e. The van der Waals surface area contributed by atoms with Gasteiger partial charge in [0.25, 0.3) is 5.56 Å². The number of nitrogen functional groups attached to an aromatic ring is 1. The predicted molar refractivity (Wildman–Crippen MR) is 176 cm³/mol. The monoisotopic (exact) mass is 782 g/mol. The highest BCUT2D eigenvalue weighted by molar-refractivity contribution is 7.61. The summed E-state index contributed by atoms with van der Waals surface area (Å²) in [6.45, 7) is 0.493. The number of carbonyl (C=O) groups excluding carboxylic acids is 1. The van der Waals surface area contributed by atoms with E-state index in [0.717, 1.165) is 28.3 Å². The molecular formula is C27H30N9O15P2+. The second kappa shape index (κ2) is 14.1. The Kier molecular flexibility index (Phi) is 10.0. The van der Waals surface area contributed by atoms with Crippen LogP contribution in [-0.4, -0.2) is 108 Å². The number of aromatic amines is 2. The molecule has 24 nitrogen and oxygen atoms in total. The standard InChI is InChI=1S/C27H29N9O15P2/c1-10-3-12-13(4-11(10)2)35(24-18(32-12)25(42)34-27(43)33-24)5-14(37)19(39)15(38)6-48-52(44,45)51-53(46,47)49-7-16-20(40)21(41)26(50-16)36-9-31-17-22(28)29-8-30-23(17)36/h3-4,8-9,15-16,19-20,38-40H,5-7H2,1-2H3,(H6,28,29,30,34,41,42,43,44,45,46,47)/p+1/t15-,16-,19+,20-/m1/s1.